The van der Waals surface area contributed by atoms with E-state index in [4.69, 9.17) is 5.11 Å². The fraction of sp³-hybridized carbons (Fsp3) is 0.889. The molecule has 66 valence electrons. The molecule has 0 amide bonds. The van der Waals surface area contributed by atoms with Crippen molar-refractivity contribution in [1.82, 2.24) is 0 Å². The molecule has 2 heteroatoms. The summed E-state index contributed by atoms with van der Waals surface area (Å²) in [6.45, 7) is 5.76. The average molecular weight is 158 g/mol. The van der Waals surface area contributed by atoms with Gasteiger partial charge in [0.2, 0.25) is 0 Å². The zero-order valence-electron chi connectivity index (χ0n) is 7.63. The first-order chi connectivity index (χ1) is 5.11. The van der Waals surface area contributed by atoms with Crippen molar-refractivity contribution in [2.45, 2.75) is 33.6 Å². The Hall–Kier alpha value is -0.370. The third kappa shape index (κ3) is 4.14. The molecule has 0 aromatic carbocycles. The monoisotopic (exact) mass is 158 g/mol. The van der Waals surface area contributed by atoms with E-state index in [0.29, 0.717) is 5.92 Å². The number of hydrogen-bond acceptors (Lipinski definition) is 2. The van der Waals surface area contributed by atoms with Gasteiger partial charge < -0.3 is 5.11 Å². The fourth-order valence-corrected chi connectivity index (χ4v) is 1.04. The number of carbonyl (C=O) groups excluding carboxylic acids is 1. The van der Waals surface area contributed by atoms with Crippen molar-refractivity contribution in [2.75, 3.05) is 6.61 Å². The highest BCUT2D eigenvalue weighted by Crippen LogP contribution is 2.15. The SMILES string of the molecule is CCC(CO)CC(C)C(C)=O. The highest BCUT2D eigenvalue weighted by atomic mass is 16.3. The maximum Gasteiger partial charge on any atom is 0.132 e. The van der Waals surface area contributed by atoms with E-state index < -0.39 is 0 Å². The van der Waals surface area contributed by atoms with Crippen LogP contribution in [0.3, 0.4) is 0 Å². The van der Waals surface area contributed by atoms with Crippen molar-refractivity contribution in [3.05, 3.63) is 0 Å². The van der Waals surface area contributed by atoms with Gasteiger partial charge in [-0.2, -0.15) is 0 Å². The molecule has 0 aliphatic heterocycles. The molecule has 0 fully saturated rings. The lowest BCUT2D eigenvalue weighted by Crippen LogP contribution is -2.14. The van der Waals surface area contributed by atoms with Crippen LogP contribution in [-0.2, 0) is 4.79 Å². The van der Waals surface area contributed by atoms with E-state index in [9.17, 15) is 4.79 Å². The second kappa shape index (κ2) is 5.30. The average Bonchev–Trinajstić information content (AvgIpc) is 1.99. The maximum absolute atomic E-state index is 10.8. The van der Waals surface area contributed by atoms with E-state index in [1.54, 1.807) is 6.92 Å². The lowest BCUT2D eigenvalue weighted by Gasteiger charge is -2.14. The second-order valence-electron chi connectivity index (χ2n) is 3.20. The third-order valence-corrected chi connectivity index (χ3v) is 2.22. The quantitative estimate of drug-likeness (QED) is 0.660. The molecule has 0 spiro atoms. The van der Waals surface area contributed by atoms with Crippen LogP contribution in [0.2, 0.25) is 0 Å². The molecule has 1 N–H and O–H groups in total. The number of hydrogen-bond donors (Lipinski definition) is 1. The molecule has 2 nitrogen and oxygen atoms in total. The molecule has 0 saturated carbocycles. The molecule has 0 aromatic rings. The molecular weight excluding hydrogens is 140 g/mol. The first-order valence-corrected chi connectivity index (χ1v) is 4.23. The van der Waals surface area contributed by atoms with E-state index in [-0.39, 0.29) is 18.3 Å². The normalized spacial score (nSPS) is 16.0. The summed E-state index contributed by atoms with van der Waals surface area (Å²) in [4.78, 5) is 10.8. The molecule has 0 radical (unpaired) electrons. The van der Waals surface area contributed by atoms with Crippen LogP contribution in [0.15, 0.2) is 0 Å². The molecule has 0 saturated heterocycles. The molecule has 2 atom stereocenters. The van der Waals surface area contributed by atoms with Gasteiger partial charge in [-0.05, 0) is 19.3 Å². The minimum atomic E-state index is 0.104. The summed E-state index contributed by atoms with van der Waals surface area (Å²) in [5.41, 5.74) is 0. The van der Waals surface area contributed by atoms with Crippen molar-refractivity contribution in [3.8, 4) is 0 Å². The summed E-state index contributed by atoms with van der Waals surface area (Å²) in [6.07, 6.45) is 1.77. The van der Waals surface area contributed by atoms with Crippen LogP contribution in [0, 0.1) is 11.8 Å². The second-order valence-corrected chi connectivity index (χ2v) is 3.20. The Morgan fingerprint density at radius 3 is 2.36 bits per heavy atom. The number of rotatable bonds is 5. The minimum Gasteiger partial charge on any atom is -0.396 e. The predicted octanol–water partition coefficient (Wildman–Crippen LogP) is 1.62. The Labute approximate surface area is 68.6 Å². The summed E-state index contributed by atoms with van der Waals surface area (Å²) in [5, 5.41) is 8.85. The molecule has 0 aromatic heterocycles. The minimum absolute atomic E-state index is 0.104. The topological polar surface area (TPSA) is 37.3 Å². The summed E-state index contributed by atoms with van der Waals surface area (Å²) >= 11 is 0. The molecule has 2 unspecified atom stereocenters. The maximum atomic E-state index is 10.8. The van der Waals surface area contributed by atoms with Crippen LogP contribution >= 0.6 is 0 Å². The fourth-order valence-electron chi connectivity index (χ4n) is 1.04. The number of aliphatic hydroxyl groups excluding tert-OH is 1. The molecule has 11 heavy (non-hydrogen) atoms. The number of carbonyl (C=O) groups is 1. The summed E-state index contributed by atoms with van der Waals surface area (Å²) in [7, 11) is 0. The lowest BCUT2D eigenvalue weighted by atomic mass is 9.92. The zero-order valence-corrected chi connectivity index (χ0v) is 7.63. The predicted molar refractivity (Wildman–Crippen MR) is 45.3 cm³/mol. The van der Waals surface area contributed by atoms with Gasteiger partial charge in [0.1, 0.15) is 5.78 Å². The molecular formula is C9H18O2. The van der Waals surface area contributed by atoms with Gasteiger partial charge >= 0.3 is 0 Å². The molecule has 0 bridgehead atoms. The van der Waals surface area contributed by atoms with E-state index in [2.05, 4.69) is 0 Å². The van der Waals surface area contributed by atoms with Gasteiger partial charge in [-0.3, -0.25) is 4.79 Å². The Kier molecular flexibility index (Phi) is 5.12. The van der Waals surface area contributed by atoms with Crippen LogP contribution in [-0.4, -0.2) is 17.5 Å². The smallest absolute Gasteiger partial charge is 0.132 e. The van der Waals surface area contributed by atoms with Crippen LogP contribution < -0.4 is 0 Å². The van der Waals surface area contributed by atoms with Crippen molar-refractivity contribution in [1.29, 1.82) is 0 Å². The zero-order chi connectivity index (χ0) is 8.85. The van der Waals surface area contributed by atoms with Crippen LogP contribution in [0.5, 0.6) is 0 Å². The van der Waals surface area contributed by atoms with Crippen molar-refractivity contribution in [3.63, 3.8) is 0 Å². The van der Waals surface area contributed by atoms with Gasteiger partial charge in [-0.25, -0.2) is 0 Å². The van der Waals surface area contributed by atoms with Gasteiger partial charge in [0.15, 0.2) is 0 Å². The standard InChI is InChI=1S/C9H18O2/c1-4-9(6-10)5-7(2)8(3)11/h7,9-10H,4-6H2,1-3H3. The number of Topliss-reactive ketones (excluding diaryl/α,β-unsaturated/α-hetero) is 1. The molecule has 0 aliphatic rings. The highest BCUT2D eigenvalue weighted by molar-refractivity contribution is 5.77. The largest absolute Gasteiger partial charge is 0.396 e. The summed E-state index contributed by atoms with van der Waals surface area (Å²) in [6, 6.07) is 0. The van der Waals surface area contributed by atoms with E-state index in [1.807, 2.05) is 13.8 Å². The summed E-state index contributed by atoms with van der Waals surface area (Å²) < 4.78 is 0. The van der Waals surface area contributed by atoms with E-state index >= 15 is 0 Å². The number of aliphatic hydroxyl groups is 1. The molecule has 0 aliphatic carbocycles. The van der Waals surface area contributed by atoms with Crippen molar-refractivity contribution >= 4 is 5.78 Å². The first kappa shape index (κ1) is 10.6. The first-order valence-electron chi connectivity index (χ1n) is 4.23. The van der Waals surface area contributed by atoms with Gasteiger partial charge in [0, 0.05) is 12.5 Å². The lowest BCUT2D eigenvalue weighted by molar-refractivity contribution is -0.120. The van der Waals surface area contributed by atoms with E-state index in [1.165, 1.54) is 0 Å². The van der Waals surface area contributed by atoms with E-state index in [0.717, 1.165) is 12.8 Å². The Bertz CT molecular complexity index is 117. The highest BCUT2D eigenvalue weighted by Gasteiger charge is 2.13. The number of ketones is 1. The Morgan fingerprint density at radius 1 is 1.55 bits per heavy atom. The molecule has 0 rings (SSSR count). The van der Waals surface area contributed by atoms with Gasteiger partial charge in [0.05, 0.1) is 0 Å². The van der Waals surface area contributed by atoms with Crippen molar-refractivity contribution in [2.24, 2.45) is 11.8 Å². The molecule has 0 heterocycles. The van der Waals surface area contributed by atoms with Gasteiger partial charge in [-0.15, -0.1) is 0 Å². The third-order valence-electron chi connectivity index (χ3n) is 2.22. The summed E-state index contributed by atoms with van der Waals surface area (Å²) in [5.74, 6) is 0.623. The van der Waals surface area contributed by atoms with Crippen LogP contribution in [0.25, 0.3) is 0 Å². The van der Waals surface area contributed by atoms with Gasteiger partial charge in [0.25, 0.3) is 0 Å². The van der Waals surface area contributed by atoms with Crippen molar-refractivity contribution < 1.29 is 9.90 Å². The Morgan fingerprint density at radius 2 is 2.09 bits per heavy atom. The van der Waals surface area contributed by atoms with Crippen LogP contribution in [0.1, 0.15) is 33.6 Å². The van der Waals surface area contributed by atoms with Crippen LogP contribution in [0.4, 0.5) is 0 Å². The Balaban J connectivity index is 3.71. The van der Waals surface area contributed by atoms with Gasteiger partial charge in [-0.1, -0.05) is 20.3 Å².